The van der Waals surface area contributed by atoms with Crippen molar-refractivity contribution in [1.29, 1.82) is 0 Å². The molecule has 3 nitrogen and oxygen atoms in total. The Morgan fingerprint density at radius 3 is 3.00 bits per heavy atom. The lowest BCUT2D eigenvalue weighted by atomic mass is 9.82. The number of nitrogens with one attached hydrogen (secondary N) is 1. The first-order valence-electron chi connectivity index (χ1n) is 7.34. The third-order valence-corrected chi connectivity index (χ3v) is 3.95. The van der Waals surface area contributed by atoms with Gasteiger partial charge in [0.1, 0.15) is 0 Å². The first-order valence-corrected chi connectivity index (χ1v) is 7.34. The molecular weight excluding hydrogens is 236 g/mol. The van der Waals surface area contributed by atoms with Gasteiger partial charge in [-0.3, -0.25) is 4.79 Å². The molecule has 19 heavy (non-hydrogen) atoms. The third-order valence-electron chi connectivity index (χ3n) is 3.95. The summed E-state index contributed by atoms with van der Waals surface area (Å²) in [7, 11) is 0. The fourth-order valence-electron chi connectivity index (χ4n) is 2.93. The zero-order chi connectivity index (χ0) is 13.7. The van der Waals surface area contributed by atoms with Crippen LogP contribution in [0.2, 0.25) is 0 Å². The molecule has 0 saturated carbocycles. The van der Waals surface area contributed by atoms with Crippen LogP contribution in [0.4, 0.5) is 0 Å². The van der Waals surface area contributed by atoms with Crippen LogP contribution in [0.3, 0.4) is 0 Å². The van der Waals surface area contributed by atoms with Gasteiger partial charge < -0.3 is 11.1 Å². The summed E-state index contributed by atoms with van der Waals surface area (Å²) in [5.41, 5.74) is 8.25. The van der Waals surface area contributed by atoms with Crippen LogP contribution in [0.5, 0.6) is 0 Å². The van der Waals surface area contributed by atoms with Gasteiger partial charge in [-0.25, -0.2) is 0 Å². The first kappa shape index (κ1) is 14.1. The fourth-order valence-corrected chi connectivity index (χ4v) is 2.93. The first-order chi connectivity index (χ1) is 9.26. The Kier molecular flexibility index (Phi) is 4.97. The highest BCUT2D eigenvalue weighted by Crippen LogP contribution is 2.31. The fraction of sp³-hybridized carbons (Fsp3) is 0.562. The molecule has 0 saturated heterocycles. The van der Waals surface area contributed by atoms with E-state index in [1.807, 2.05) is 6.07 Å². The van der Waals surface area contributed by atoms with Crippen molar-refractivity contribution < 1.29 is 4.79 Å². The van der Waals surface area contributed by atoms with Crippen molar-refractivity contribution in [3.05, 3.63) is 35.4 Å². The lowest BCUT2D eigenvalue weighted by molar-refractivity contribution is -0.123. The molecule has 3 N–H and O–H groups in total. The molecule has 0 radical (unpaired) electrons. The summed E-state index contributed by atoms with van der Waals surface area (Å²) in [6, 6.07) is 8.43. The van der Waals surface area contributed by atoms with Gasteiger partial charge in [0.2, 0.25) is 5.91 Å². The molecule has 1 amide bonds. The number of benzene rings is 1. The lowest BCUT2D eigenvalue weighted by Crippen LogP contribution is -2.43. The van der Waals surface area contributed by atoms with Gasteiger partial charge in [-0.15, -0.1) is 0 Å². The van der Waals surface area contributed by atoms with Gasteiger partial charge in [0.25, 0.3) is 0 Å². The van der Waals surface area contributed by atoms with E-state index in [4.69, 9.17) is 5.73 Å². The van der Waals surface area contributed by atoms with Crippen LogP contribution in [0.1, 0.15) is 49.7 Å². The van der Waals surface area contributed by atoms with Crippen LogP contribution < -0.4 is 11.1 Å². The summed E-state index contributed by atoms with van der Waals surface area (Å²) in [4.78, 5) is 12.4. The van der Waals surface area contributed by atoms with E-state index in [0.29, 0.717) is 6.54 Å². The van der Waals surface area contributed by atoms with E-state index in [2.05, 4.69) is 30.4 Å². The number of hydrogen-bond donors (Lipinski definition) is 2. The maximum absolute atomic E-state index is 12.4. The van der Waals surface area contributed by atoms with Crippen LogP contribution >= 0.6 is 0 Å². The molecule has 3 heteroatoms. The van der Waals surface area contributed by atoms with Gasteiger partial charge in [-0.05, 0) is 36.8 Å². The molecule has 2 unspecified atom stereocenters. The number of aryl methyl sites for hydroxylation is 1. The van der Waals surface area contributed by atoms with Crippen LogP contribution in [0.25, 0.3) is 0 Å². The minimum atomic E-state index is 0.0101. The second-order valence-electron chi connectivity index (χ2n) is 5.37. The Hall–Kier alpha value is -1.35. The summed E-state index contributed by atoms with van der Waals surface area (Å²) in [6.45, 7) is 2.64. The number of rotatable bonds is 5. The molecule has 0 aromatic heterocycles. The minimum absolute atomic E-state index is 0.0101. The molecule has 0 spiro atoms. The zero-order valence-electron chi connectivity index (χ0n) is 11.7. The lowest BCUT2D eigenvalue weighted by Gasteiger charge is -2.26. The molecule has 0 fully saturated rings. The quantitative estimate of drug-likeness (QED) is 0.854. The number of nitrogens with two attached hydrogens (primary N) is 1. The molecule has 2 rings (SSSR count). The van der Waals surface area contributed by atoms with E-state index < -0.39 is 0 Å². The van der Waals surface area contributed by atoms with Crippen molar-refractivity contribution in [2.45, 2.75) is 51.0 Å². The molecular formula is C16H24N2O. The standard InChI is InChI=1S/C16H24N2O/c1-2-6-13(11-17)18-16(19)15-10-5-8-12-7-3-4-9-14(12)15/h3-4,7,9,13,15H,2,5-6,8,10-11,17H2,1H3,(H,18,19). The van der Waals surface area contributed by atoms with Crippen molar-refractivity contribution in [2.75, 3.05) is 6.54 Å². The van der Waals surface area contributed by atoms with E-state index in [9.17, 15) is 4.79 Å². The zero-order valence-corrected chi connectivity index (χ0v) is 11.7. The van der Waals surface area contributed by atoms with Gasteiger partial charge in [0.15, 0.2) is 0 Å². The Labute approximate surface area is 115 Å². The number of hydrogen-bond acceptors (Lipinski definition) is 2. The molecule has 0 aliphatic heterocycles. The minimum Gasteiger partial charge on any atom is -0.352 e. The van der Waals surface area contributed by atoms with Crippen LogP contribution in [0, 0.1) is 0 Å². The van der Waals surface area contributed by atoms with Crippen molar-refractivity contribution in [3.8, 4) is 0 Å². The largest absolute Gasteiger partial charge is 0.352 e. The molecule has 2 atom stereocenters. The SMILES string of the molecule is CCCC(CN)NC(=O)C1CCCc2ccccc21. The molecule has 1 aromatic rings. The summed E-state index contributed by atoms with van der Waals surface area (Å²) >= 11 is 0. The summed E-state index contributed by atoms with van der Waals surface area (Å²) in [6.07, 6.45) is 5.14. The smallest absolute Gasteiger partial charge is 0.227 e. The van der Waals surface area contributed by atoms with E-state index in [-0.39, 0.29) is 17.9 Å². The second-order valence-corrected chi connectivity index (χ2v) is 5.37. The van der Waals surface area contributed by atoms with E-state index >= 15 is 0 Å². The van der Waals surface area contributed by atoms with Gasteiger partial charge in [-0.1, -0.05) is 37.6 Å². The number of fused-ring (bicyclic) bond motifs is 1. The van der Waals surface area contributed by atoms with Crippen LogP contribution in [-0.2, 0) is 11.2 Å². The summed E-state index contributed by atoms with van der Waals surface area (Å²) in [5.74, 6) is 0.159. The maximum atomic E-state index is 12.4. The predicted octanol–water partition coefficient (Wildman–Crippen LogP) is 2.35. The highest BCUT2D eigenvalue weighted by atomic mass is 16.1. The number of carbonyl (C=O) groups excluding carboxylic acids is 1. The second kappa shape index (κ2) is 6.71. The molecule has 104 valence electrons. The highest BCUT2D eigenvalue weighted by Gasteiger charge is 2.27. The van der Waals surface area contributed by atoms with Gasteiger partial charge in [-0.2, -0.15) is 0 Å². The maximum Gasteiger partial charge on any atom is 0.227 e. The van der Waals surface area contributed by atoms with Gasteiger partial charge in [0, 0.05) is 12.6 Å². The van der Waals surface area contributed by atoms with Crippen LogP contribution in [-0.4, -0.2) is 18.5 Å². The van der Waals surface area contributed by atoms with E-state index in [1.165, 1.54) is 11.1 Å². The van der Waals surface area contributed by atoms with Crippen molar-refractivity contribution in [1.82, 2.24) is 5.32 Å². The Morgan fingerprint density at radius 2 is 2.26 bits per heavy atom. The molecule has 0 heterocycles. The molecule has 1 aliphatic carbocycles. The number of carbonyl (C=O) groups is 1. The summed E-state index contributed by atoms with van der Waals surface area (Å²) < 4.78 is 0. The highest BCUT2D eigenvalue weighted by molar-refractivity contribution is 5.84. The molecule has 0 bridgehead atoms. The predicted molar refractivity (Wildman–Crippen MR) is 78.0 cm³/mol. The number of amides is 1. The van der Waals surface area contributed by atoms with Gasteiger partial charge >= 0.3 is 0 Å². The Morgan fingerprint density at radius 1 is 1.47 bits per heavy atom. The topological polar surface area (TPSA) is 55.1 Å². The average molecular weight is 260 g/mol. The van der Waals surface area contributed by atoms with E-state index in [0.717, 1.165) is 32.1 Å². The molecule has 1 aliphatic rings. The average Bonchev–Trinajstić information content (AvgIpc) is 2.46. The molecule has 1 aromatic carbocycles. The summed E-state index contributed by atoms with van der Waals surface area (Å²) in [5, 5.41) is 3.11. The normalized spacial score (nSPS) is 19.6. The van der Waals surface area contributed by atoms with Crippen molar-refractivity contribution in [2.24, 2.45) is 5.73 Å². The monoisotopic (exact) mass is 260 g/mol. The van der Waals surface area contributed by atoms with Crippen LogP contribution in [0.15, 0.2) is 24.3 Å². The van der Waals surface area contributed by atoms with Crippen molar-refractivity contribution >= 4 is 5.91 Å². The van der Waals surface area contributed by atoms with E-state index in [1.54, 1.807) is 0 Å². The Bertz CT molecular complexity index is 431. The van der Waals surface area contributed by atoms with Gasteiger partial charge in [0.05, 0.1) is 5.92 Å². The Balaban J connectivity index is 2.08. The third kappa shape index (κ3) is 3.35. The van der Waals surface area contributed by atoms with Crippen molar-refractivity contribution in [3.63, 3.8) is 0 Å².